The van der Waals surface area contributed by atoms with Gasteiger partial charge in [0.1, 0.15) is 0 Å². The Labute approximate surface area is 180 Å². The number of likely N-dealkylation sites (N-methyl/N-ethyl adjacent to an activating group) is 1. The normalized spacial score (nSPS) is 16.6. The number of nitrogens with zero attached hydrogens (tertiary/aromatic N) is 2. The third-order valence-electron chi connectivity index (χ3n) is 5.68. The molecule has 3 rings (SSSR count). The molecule has 0 unspecified atom stereocenters. The first kappa shape index (κ1) is 21.6. The predicted molar refractivity (Wildman–Crippen MR) is 127 cm³/mol. The number of aliphatic imine (C=N–C) groups is 1. The van der Waals surface area contributed by atoms with E-state index in [-0.39, 0.29) is 18.0 Å². The number of hydrogen-bond donors (Lipinski definition) is 1. The van der Waals surface area contributed by atoms with Crippen molar-refractivity contribution in [1.29, 1.82) is 5.41 Å². The van der Waals surface area contributed by atoms with E-state index in [4.69, 9.17) is 10.1 Å². The predicted octanol–water partition coefficient (Wildman–Crippen LogP) is 5.85. The van der Waals surface area contributed by atoms with E-state index in [9.17, 15) is 0 Å². The molecule has 0 saturated heterocycles. The summed E-state index contributed by atoms with van der Waals surface area (Å²) < 4.78 is 5.53. The van der Waals surface area contributed by atoms with Crippen LogP contribution in [-0.4, -0.2) is 25.9 Å². The van der Waals surface area contributed by atoms with E-state index < -0.39 is 0 Å². The van der Waals surface area contributed by atoms with E-state index >= 15 is 0 Å². The van der Waals surface area contributed by atoms with E-state index in [0.29, 0.717) is 0 Å². The van der Waals surface area contributed by atoms with Crippen molar-refractivity contribution in [3.05, 3.63) is 88.1 Å². The molecule has 0 atom stereocenters. The first-order valence-corrected chi connectivity index (χ1v) is 10.2. The zero-order chi connectivity index (χ0) is 21.9. The Kier molecular flexibility index (Phi) is 6.25. The highest BCUT2D eigenvalue weighted by molar-refractivity contribution is 5.94. The van der Waals surface area contributed by atoms with Crippen molar-refractivity contribution >= 4 is 17.8 Å². The molecule has 2 aromatic carbocycles. The maximum atomic E-state index is 8.21. The smallest absolute Gasteiger partial charge is 0.215 e. The SMILES string of the molecule is Cc1cc(C)c(C(=N)OC\N=C/C=C/C=C2\N(C)c3ccccc3C2(C)C)c(C)c1. The van der Waals surface area contributed by atoms with Crippen molar-refractivity contribution in [2.24, 2.45) is 4.99 Å². The van der Waals surface area contributed by atoms with E-state index in [1.165, 1.54) is 22.5 Å². The summed E-state index contributed by atoms with van der Waals surface area (Å²) in [4.78, 5) is 6.50. The lowest BCUT2D eigenvalue weighted by molar-refractivity contribution is 0.317. The van der Waals surface area contributed by atoms with Crippen LogP contribution >= 0.6 is 0 Å². The van der Waals surface area contributed by atoms with E-state index in [1.807, 2.05) is 26.0 Å². The number of fused-ring (bicyclic) bond motifs is 1. The van der Waals surface area contributed by atoms with Crippen LogP contribution in [0.1, 0.15) is 41.7 Å². The Bertz CT molecular complexity index is 1020. The highest BCUT2D eigenvalue weighted by Gasteiger charge is 2.37. The minimum atomic E-state index is -0.0330. The van der Waals surface area contributed by atoms with Gasteiger partial charge in [0.25, 0.3) is 0 Å². The minimum absolute atomic E-state index is 0.0330. The van der Waals surface area contributed by atoms with Gasteiger partial charge < -0.3 is 9.64 Å². The molecule has 0 fully saturated rings. The Balaban J connectivity index is 1.59. The number of allylic oxidation sites excluding steroid dienone is 4. The summed E-state index contributed by atoms with van der Waals surface area (Å²) >= 11 is 0. The van der Waals surface area contributed by atoms with Crippen LogP contribution in [-0.2, 0) is 10.2 Å². The van der Waals surface area contributed by atoms with Gasteiger partial charge in [-0.3, -0.25) is 10.4 Å². The Morgan fingerprint density at radius 1 is 1.10 bits per heavy atom. The molecule has 0 aromatic heterocycles. The molecule has 1 aliphatic heterocycles. The quantitative estimate of drug-likeness (QED) is 0.505. The molecule has 0 bridgehead atoms. The van der Waals surface area contributed by atoms with Crippen molar-refractivity contribution < 1.29 is 4.74 Å². The zero-order valence-corrected chi connectivity index (χ0v) is 18.8. The summed E-state index contributed by atoms with van der Waals surface area (Å²) in [5, 5.41) is 8.21. The molecule has 0 radical (unpaired) electrons. The lowest BCUT2D eigenvalue weighted by atomic mass is 9.84. The first-order chi connectivity index (χ1) is 14.2. The van der Waals surface area contributed by atoms with Gasteiger partial charge in [-0.15, -0.1) is 0 Å². The van der Waals surface area contributed by atoms with Gasteiger partial charge in [0, 0.05) is 35.6 Å². The Morgan fingerprint density at radius 3 is 2.43 bits per heavy atom. The molecule has 1 heterocycles. The highest BCUT2D eigenvalue weighted by atomic mass is 16.5. The molecule has 1 N–H and O–H groups in total. The first-order valence-electron chi connectivity index (χ1n) is 10.2. The van der Waals surface area contributed by atoms with Crippen LogP contribution in [0, 0.1) is 26.2 Å². The lowest BCUT2D eigenvalue weighted by Gasteiger charge is -2.23. The number of rotatable bonds is 5. The van der Waals surface area contributed by atoms with Gasteiger partial charge in [0.15, 0.2) is 6.73 Å². The third-order valence-corrected chi connectivity index (χ3v) is 5.68. The second-order valence-electron chi connectivity index (χ2n) is 8.35. The van der Waals surface area contributed by atoms with Gasteiger partial charge in [-0.2, -0.15) is 0 Å². The Morgan fingerprint density at radius 2 is 1.77 bits per heavy atom. The maximum Gasteiger partial charge on any atom is 0.215 e. The molecule has 0 aliphatic carbocycles. The van der Waals surface area contributed by atoms with Crippen LogP contribution in [0.2, 0.25) is 0 Å². The summed E-state index contributed by atoms with van der Waals surface area (Å²) in [6.07, 6.45) is 7.75. The zero-order valence-electron chi connectivity index (χ0n) is 18.8. The number of hydrogen-bond acceptors (Lipinski definition) is 4. The number of nitrogens with one attached hydrogen (secondary N) is 1. The summed E-state index contributed by atoms with van der Waals surface area (Å²) in [5.74, 6) is 0.167. The fraction of sp³-hybridized carbons (Fsp3) is 0.308. The van der Waals surface area contributed by atoms with Crippen molar-refractivity contribution in [2.75, 3.05) is 18.7 Å². The minimum Gasteiger partial charge on any atom is -0.454 e. The Hall–Kier alpha value is -3.14. The topological polar surface area (TPSA) is 48.7 Å². The van der Waals surface area contributed by atoms with Crippen molar-refractivity contribution in [3.63, 3.8) is 0 Å². The molecule has 30 heavy (non-hydrogen) atoms. The van der Waals surface area contributed by atoms with Gasteiger partial charge in [0.2, 0.25) is 5.90 Å². The largest absolute Gasteiger partial charge is 0.454 e. The number of para-hydroxylation sites is 1. The average molecular weight is 402 g/mol. The van der Waals surface area contributed by atoms with Gasteiger partial charge >= 0.3 is 0 Å². The highest BCUT2D eigenvalue weighted by Crippen LogP contribution is 2.46. The number of anilines is 1. The number of aryl methyl sites for hydroxylation is 3. The summed E-state index contributed by atoms with van der Waals surface area (Å²) in [5.41, 5.74) is 7.96. The van der Waals surface area contributed by atoms with E-state index in [1.54, 1.807) is 6.21 Å². The molecular weight excluding hydrogens is 370 g/mol. The molecule has 156 valence electrons. The monoisotopic (exact) mass is 401 g/mol. The van der Waals surface area contributed by atoms with Crippen LogP contribution in [0.15, 0.2) is 65.3 Å². The lowest BCUT2D eigenvalue weighted by Crippen LogP contribution is -2.22. The molecule has 1 aliphatic rings. The molecule has 2 aromatic rings. The van der Waals surface area contributed by atoms with E-state index in [0.717, 1.165) is 16.7 Å². The molecule has 0 amide bonds. The second kappa shape index (κ2) is 8.70. The standard InChI is InChI=1S/C26H31N3O/c1-18-15-19(2)24(20(3)16-18)25(27)30-17-28-14-10-9-13-23-26(4,5)21-11-7-8-12-22(21)29(23)6/h7-16,27H,17H2,1-6H3/b10-9+,23-13-,27-25?,28-14-. The van der Waals surface area contributed by atoms with Crippen LogP contribution in [0.5, 0.6) is 0 Å². The van der Waals surface area contributed by atoms with E-state index in [2.05, 4.69) is 80.2 Å². The summed E-state index contributed by atoms with van der Waals surface area (Å²) in [6, 6.07) is 12.7. The third kappa shape index (κ3) is 4.23. The van der Waals surface area contributed by atoms with Crippen LogP contribution in [0.4, 0.5) is 5.69 Å². The van der Waals surface area contributed by atoms with Crippen molar-refractivity contribution in [2.45, 2.75) is 40.0 Å². The van der Waals surface area contributed by atoms with Crippen molar-refractivity contribution in [1.82, 2.24) is 0 Å². The van der Waals surface area contributed by atoms with Crippen molar-refractivity contribution in [3.8, 4) is 0 Å². The van der Waals surface area contributed by atoms with Gasteiger partial charge in [-0.1, -0.05) is 55.8 Å². The molecule has 4 nitrogen and oxygen atoms in total. The fourth-order valence-corrected chi connectivity index (χ4v) is 4.31. The van der Waals surface area contributed by atoms with Gasteiger partial charge in [0.05, 0.1) is 0 Å². The van der Waals surface area contributed by atoms with Crippen LogP contribution in [0.3, 0.4) is 0 Å². The van der Waals surface area contributed by atoms with Gasteiger partial charge in [-0.25, -0.2) is 0 Å². The number of ether oxygens (including phenoxy) is 1. The maximum absolute atomic E-state index is 8.21. The molecule has 0 saturated carbocycles. The molecule has 4 heteroatoms. The summed E-state index contributed by atoms with van der Waals surface area (Å²) in [7, 11) is 2.11. The van der Waals surface area contributed by atoms with Crippen LogP contribution in [0.25, 0.3) is 0 Å². The van der Waals surface area contributed by atoms with Gasteiger partial charge in [-0.05, 0) is 55.7 Å². The molecular formula is C26H31N3O. The molecule has 0 spiro atoms. The van der Waals surface area contributed by atoms with Crippen LogP contribution < -0.4 is 4.90 Å². The number of benzene rings is 2. The fourth-order valence-electron chi connectivity index (χ4n) is 4.31. The summed E-state index contributed by atoms with van der Waals surface area (Å²) in [6.45, 7) is 10.7. The average Bonchev–Trinajstić information content (AvgIpc) is 2.87. The second-order valence-corrected chi connectivity index (χ2v) is 8.35.